The lowest BCUT2D eigenvalue weighted by Crippen LogP contribution is -2.47. The number of piperazine rings is 1. The van der Waals surface area contributed by atoms with Gasteiger partial charge in [0.05, 0.1) is 11.1 Å². The zero-order chi connectivity index (χ0) is 26.1. The molecule has 7 heteroatoms. The van der Waals surface area contributed by atoms with Crippen molar-refractivity contribution in [3.63, 3.8) is 0 Å². The molecule has 2 heterocycles. The number of hydrogen-bond donors (Lipinski definition) is 2. The maximum absolute atomic E-state index is 12.8. The summed E-state index contributed by atoms with van der Waals surface area (Å²) in [5, 5.41) is 13.4. The van der Waals surface area contributed by atoms with Gasteiger partial charge in [-0.15, -0.1) is 0 Å². The van der Waals surface area contributed by atoms with Crippen LogP contribution < -0.4 is 15.1 Å². The number of carbonyl (C=O) groups excluding carboxylic acids is 1. The number of nitrogens with zero attached hydrogens (tertiary/aromatic N) is 3. The maximum Gasteiger partial charge on any atom is 0.336 e. The van der Waals surface area contributed by atoms with Gasteiger partial charge in [-0.3, -0.25) is 4.79 Å². The average molecular weight is 495 g/mol. The van der Waals surface area contributed by atoms with E-state index in [-0.39, 0.29) is 11.5 Å². The summed E-state index contributed by atoms with van der Waals surface area (Å²) in [4.78, 5) is 34.3. The van der Waals surface area contributed by atoms with Crippen molar-refractivity contribution in [3.8, 4) is 0 Å². The molecule has 37 heavy (non-hydrogen) atoms. The Kier molecular flexibility index (Phi) is 6.53. The molecule has 2 N–H and O–H groups in total. The number of aromatic carboxylic acids is 1. The van der Waals surface area contributed by atoms with Crippen LogP contribution in [0.1, 0.15) is 37.4 Å². The molecular formula is C30H30N4O3. The van der Waals surface area contributed by atoms with Gasteiger partial charge in [-0.2, -0.15) is 0 Å². The molecule has 1 aliphatic rings. The molecule has 4 aromatic rings. The van der Waals surface area contributed by atoms with Crippen molar-refractivity contribution in [2.45, 2.75) is 20.8 Å². The monoisotopic (exact) mass is 494 g/mol. The first-order valence-electron chi connectivity index (χ1n) is 12.4. The maximum atomic E-state index is 12.8. The Morgan fingerprint density at radius 3 is 2.24 bits per heavy atom. The van der Waals surface area contributed by atoms with E-state index in [9.17, 15) is 14.7 Å². The van der Waals surface area contributed by atoms with Gasteiger partial charge in [-0.1, -0.05) is 30.3 Å². The molecule has 0 bridgehead atoms. The third kappa shape index (κ3) is 4.85. The fourth-order valence-corrected chi connectivity index (χ4v) is 4.91. The zero-order valence-electron chi connectivity index (χ0n) is 21.3. The van der Waals surface area contributed by atoms with Crippen LogP contribution in [0.25, 0.3) is 10.9 Å². The lowest BCUT2D eigenvalue weighted by molar-refractivity contribution is 0.0698. The Hall–Kier alpha value is -4.39. The molecule has 1 saturated heterocycles. The second-order valence-electron chi connectivity index (χ2n) is 9.53. The molecule has 1 fully saturated rings. The standard InChI is InChI=1S/C30H30N4O3/c1-19-8-6-10-27(21(19)3)33-13-15-34(16-14-33)28-18-25(30(36)37)24-17-22(11-12-26(24)32-28)31-29(35)23-9-5-4-7-20(23)2/h4-12,17-18H,13-16H2,1-3H3,(H,31,35)(H,36,37). The number of anilines is 3. The molecule has 0 aliphatic carbocycles. The van der Waals surface area contributed by atoms with Crippen LogP contribution in [0.3, 0.4) is 0 Å². The van der Waals surface area contributed by atoms with Gasteiger partial charge in [0, 0.05) is 48.5 Å². The quantitative estimate of drug-likeness (QED) is 0.384. The number of aromatic nitrogens is 1. The highest BCUT2D eigenvalue weighted by Crippen LogP contribution is 2.29. The predicted octanol–water partition coefficient (Wildman–Crippen LogP) is 5.44. The average Bonchev–Trinajstić information content (AvgIpc) is 2.90. The molecule has 5 rings (SSSR count). The minimum Gasteiger partial charge on any atom is -0.478 e. The van der Waals surface area contributed by atoms with Crippen molar-refractivity contribution in [1.29, 1.82) is 0 Å². The van der Waals surface area contributed by atoms with Crippen molar-refractivity contribution in [1.82, 2.24) is 4.98 Å². The minimum atomic E-state index is -1.02. The molecule has 1 aromatic heterocycles. The molecular weight excluding hydrogens is 464 g/mol. The summed E-state index contributed by atoms with van der Waals surface area (Å²) in [7, 11) is 0. The Balaban J connectivity index is 1.39. The minimum absolute atomic E-state index is 0.170. The molecule has 0 unspecified atom stereocenters. The van der Waals surface area contributed by atoms with Gasteiger partial charge in [0.25, 0.3) is 5.91 Å². The van der Waals surface area contributed by atoms with E-state index < -0.39 is 5.97 Å². The smallest absolute Gasteiger partial charge is 0.336 e. The molecule has 0 spiro atoms. The molecule has 0 saturated carbocycles. The number of carboxylic acids is 1. The number of aryl methyl sites for hydroxylation is 2. The van der Waals surface area contributed by atoms with Gasteiger partial charge in [-0.25, -0.2) is 9.78 Å². The van der Waals surface area contributed by atoms with E-state index in [1.807, 2.05) is 25.1 Å². The van der Waals surface area contributed by atoms with E-state index in [2.05, 4.69) is 47.2 Å². The van der Waals surface area contributed by atoms with Crippen LogP contribution in [0.2, 0.25) is 0 Å². The van der Waals surface area contributed by atoms with Gasteiger partial charge >= 0.3 is 5.97 Å². The van der Waals surface area contributed by atoms with E-state index >= 15 is 0 Å². The SMILES string of the molecule is Cc1ccccc1C(=O)Nc1ccc2nc(N3CCN(c4cccc(C)c4C)CC3)cc(C(=O)O)c2c1. The normalized spacial score (nSPS) is 13.6. The third-order valence-corrected chi connectivity index (χ3v) is 7.19. The number of rotatable bonds is 5. The molecule has 7 nitrogen and oxygen atoms in total. The third-order valence-electron chi connectivity index (χ3n) is 7.19. The number of carbonyl (C=O) groups is 2. The second-order valence-corrected chi connectivity index (χ2v) is 9.53. The second kappa shape index (κ2) is 9.93. The number of amides is 1. The fraction of sp³-hybridized carbons (Fsp3) is 0.233. The van der Waals surface area contributed by atoms with Crippen LogP contribution in [-0.4, -0.2) is 48.1 Å². The largest absolute Gasteiger partial charge is 0.478 e. The number of benzene rings is 3. The summed E-state index contributed by atoms with van der Waals surface area (Å²) in [6.45, 7) is 9.31. The van der Waals surface area contributed by atoms with Crippen molar-refractivity contribution >= 4 is 40.0 Å². The number of fused-ring (bicyclic) bond motifs is 1. The Morgan fingerprint density at radius 1 is 0.811 bits per heavy atom. The van der Waals surface area contributed by atoms with E-state index in [1.165, 1.54) is 16.8 Å². The van der Waals surface area contributed by atoms with Crippen LogP contribution in [0.15, 0.2) is 66.7 Å². The zero-order valence-corrected chi connectivity index (χ0v) is 21.3. The summed E-state index contributed by atoms with van der Waals surface area (Å²) < 4.78 is 0. The van der Waals surface area contributed by atoms with Crippen LogP contribution in [0.5, 0.6) is 0 Å². The summed E-state index contributed by atoms with van der Waals surface area (Å²) in [6, 6.07) is 20.6. The first-order valence-corrected chi connectivity index (χ1v) is 12.4. The summed E-state index contributed by atoms with van der Waals surface area (Å²) in [5.41, 5.74) is 6.54. The lowest BCUT2D eigenvalue weighted by atomic mass is 10.1. The summed E-state index contributed by atoms with van der Waals surface area (Å²) >= 11 is 0. The topological polar surface area (TPSA) is 85.8 Å². The van der Waals surface area contributed by atoms with Crippen molar-refractivity contribution in [2.24, 2.45) is 0 Å². The van der Waals surface area contributed by atoms with Gasteiger partial charge in [0.15, 0.2) is 0 Å². The lowest BCUT2D eigenvalue weighted by Gasteiger charge is -2.37. The first-order chi connectivity index (χ1) is 17.8. The predicted molar refractivity (Wildman–Crippen MR) is 148 cm³/mol. The number of carboxylic acid groups (broad SMARTS) is 1. The van der Waals surface area contributed by atoms with Gasteiger partial charge in [0.1, 0.15) is 5.82 Å². The highest BCUT2D eigenvalue weighted by atomic mass is 16.4. The Bertz CT molecular complexity index is 1510. The highest BCUT2D eigenvalue weighted by Gasteiger charge is 2.22. The van der Waals surface area contributed by atoms with Crippen molar-refractivity contribution in [2.75, 3.05) is 41.3 Å². The van der Waals surface area contributed by atoms with Crippen molar-refractivity contribution < 1.29 is 14.7 Å². The van der Waals surface area contributed by atoms with E-state index in [0.29, 0.717) is 28.0 Å². The Labute approximate surface area is 216 Å². The van der Waals surface area contributed by atoms with Gasteiger partial charge < -0.3 is 20.2 Å². The fourth-order valence-electron chi connectivity index (χ4n) is 4.91. The van der Waals surface area contributed by atoms with Gasteiger partial charge in [-0.05, 0) is 73.9 Å². The summed E-state index contributed by atoms with van der Waals surface area (Å²) in [5.74, 6) is -0.604. The number of pyridine rings is 1. The van der Waals surface area contributed by atoms with Crippen molar-refractivity contribution in [3.05, 3.63) is 94.5 Å². The Morgan fingerprint density at radius 2 is 1.51 bits per heavy atom. The first kappa shape index (κ1) is 24.3. The molecule has 3 aromatic carbocycles. The van der Waals surface area contributed by atoms with Gasteiger partial charge in [0.2, 0.25) is 0 Å². The molecule has 0 radical (unpaired) electrons. The van der Waals surface area contributed by atoms with Crippen LogP contribution >= 0.6 is 0 Å². The highest BCUT2D eigenvalue weighted by molar-refractivity contribution is 6.08. The van der Waals surface area contributed by atoms with Crippen LogP contribution in [0.4, 0.5) is 17.2 Å². The summed E-state index contributed by atoms with van der Waals surface area (Å²) in [6.07, 6.45) is 0. The molecule has 1 aliphatic heterocycles. The van der Waals surface area contributed by atoms with E-state index in [4.69, 9.17) is 4.98 Å². The van der Waals surface area contributed by atoms with Crippen LogP contribution in [0, 0.1) is 20.8 Å². The number of hydrogen-bond acceptors (Lipinski definition) is 5. The van der Waals surface area contributed by atoms with E-state index in [1.54, 1.807) is 30.3 Å². The molecule has 188 valence electrons. The molecule has 1 amide bonds. The van der Waals surface area contributed by atoms with Crippen LogP contribution in [-0.2, 0) is 0 Å². The number of nitrogens with one attached hydrogen (secondary N) is 1. The molecule has 0 atom stereocenters. The van der Waals surface area contributed by atoms with E-state index in [0.717, 1.165) is 31.7 Å².